The van der Waals surface area contributed by atoms with Crippen LogP contribution in [-0.4, -0.2) is 6.29 Å². The highest BCUT2D eigenvalue weighted by molar-refractivity contribution is 5.61. The van der Waals surface area contributed by atoms with Crippen LogP contribution in [0.15, 0.2) is 18.2 Å². The van der Waals surface area contributed by atoms with E-state index >= 15 is 0 Å². The molecule has 0 N–H and O–H groups in total. The third kappa shape index (κ3) is 1.52. The Morgan fingerprint density at radius 3 is 2.75 bits per heavy atom. The zero-order valence-corrected chi connectivity index (χ0v) is 7.17. The quantitative estimate of drug-likeness (QED) is 0.617. The average Bonchev–Trinajstić information content (AvgIpc) is 2.08. The summed E-state index contributed by atoms with van der Waals surface area (Å²) >= 11 is 0. The Morgan fingerprint density at radius 1 is 1.50 bits per heavy atom. The van der Waals surface area contributed by atoms with Crippen molar-refractivity contribution in [1.29, 1.82) is 0 Å². The molecule has 1 atom stereocenters. The second-order valence-corrected chi connectivity index (χ2v) is 2.90. The average molecular weight is 166 g/mol. The van der Waals surface area contributed by atoms with Crippen LogP contribution in [0.25, 0.3) is 0 Å². The van der Waals surface area contributed by atoms with Crippen molar-refractivity contribution in [1.82, 2.24) is 0 Å². The highest BCUT2D eigenvalue weighted by Crippen LogP contribution is 2.19. The summed E-state index contributed by atoms with van der Waals surface area (Å²) in [5, 5.41) is 0. The van der Waals surface area contributed by atoms with Gasteiger partial charge in [0.25, 0.3) is 0 Å². The molecule has 0 fully saturated rings. The minimum atomic E-state index is -0.357. The van der Waals surface area contributed by atoms with Crippen molar-refractivity contribution < 1.29 is 9.18 Å². The first-order valence-electron chi connectivity index (χ1n) is 3.87. The topological polar surface area (TPSA) is 17.1 Å². The molecule has 0 aliphatic carbocycles. The van der Waals surface area contributed by atoms with Crippen LogP contribution < -0.4 is 0 Å². The maximum absolute atomic E-state index is 13.3. The van der Waals surface area contributed by atoms with Crippen molar-refractivity contribution in [2.24, 2.45) is 0 Å². The Hall–Kier alpha value is -1.18. The summed E-state index contributed by atoms with van der Waals surface area (Å²) in [5.41, 5.74) is 1.06. The van der Waals surface area contributed by atoms with Crippen molar-refractivity contribution >= 4 is 6.29 Å². The van der Waals surface area contributed by atoms with Crippen LogP contribution in [0, 0.1) is 12.7 Å². The summed E-state index contributed by atoms with van der Waals surface area (Å²) in [6.45, 7) is 3.38. The molecule has 1 nitrogen and oxygen atoms in total. The normalized spacial score (nSPS) is 12.6. The van der Waals surface area contributed by atoms with Gasteiger partial charge in [0.2, 0.25) is 0 Å². The van der Waals surface area contributed by atoms with Crippen LogP contribution in [0.2, 0.25) is 0 Å². The molecule has 0 amide bonds. The van der Waals surface area contributed by atoms with E-state index in [1.807, 2.05) is 0 Å². The molecule has 0 aromatic heterocycles. The third-order valence-corrected chi connectivity index (χ3v) is 1.92. The van der Waals surface area contributed by atoms with Crippen LogP contribution in [0.3, 0.4) is 0 Å². The predicted molar refractivity (Wildman–Crippen MR) is 45.6 cm³/mol. The number of rotatable bonds is 2. The zero-order valence-electron chi connectivity index (χ0n) is 7.17. The fraction of sp³-hybridized carbons (Fsp3) is 0.300. The van der Waals surface area contributed by atoms with Crippen molar-refractivity contribution in [2.75, 3.05) is 0 Å². The standard InChI is InChI=1S/C10H11FO/c1-7-4-3-5-9(10(7)11)8(2)6-12/h3-6,8H,1-2H3. The van der Waals surface area contributed by atoms with Gasteiger partial charge >= 0.3 is 0 Å². The molecule has 64 valence electrons. The fourth-order valence-corrected chi connectivity index (χ4v) is 1.10. The molecule has 0 bridgehead atoms. The lowest BCUT2D eigenvalue weighted by Crippen LogP contribution is -1.99. The van der Waals surface area contributed by atoms with E-state index in [-0.39, 0.29) is 11.7 Å². The van der Waals surface area contributed by atoms with E-state index in [0.29, 0.717) is 11.1 Å². The number of hydrogen-bond donors (Lipinski definition) is 0. The number of carbonyl (C=O) groups is 1. The molecular weight excluding hydrogens is 155 g/mol. The zero-order chi connectivity index (χ0) is 9.14. The Bertz CT molecular complexity index is 294. The number of aryl methyl sites for hydroxylation is 1. The first-order chi connectivity index (χ1) is 5.66. The summed E-state index contributed by atoms with van der Waals surface area (Å²) in [6.07, 6.45) is 0.748. The number of halogens is 1. The van der Waals surface area contributed by atoms with Gasteiger partial charge in [-0.2, -0.15) is 0 Å². The Morgan fingerprint density at radius 2 is 2.17 bits per heavy atom. The van der Waals surface area contributed by atoms with Gasteiger partial charge in [0.15, 0.2) is 0 Å². The molecule has 0 aliphatic heterocycles. The van der Waals surface area contributed by atoms with E-state index in [1.165, 1.54) is 0 Å². The molecule has 1 unspecified atom stereocenters. The van der Waals surface area contributed by atoms with Crippen molar-refractivity contribution in [3.05, 3.63) is 35.1 Å². The monoisotopic (exact) mass is 166 g/mol. The maximum Gasteiger partial charge on any atom is 0.130 e. The number of benzene rings is 1. The van der Waals surface area contributed by atoms with Gasteiger partial charge in [-0.15, -0.1) is 0 Å². The van der Waals surface area contributed by atoms with E-state index in [0.717, 1.165) is 6.29 Å². The van der Waals surface area contributed by atoms with Gasteiger partial charge in [-0.25, -0.2) is 4.39 Å². The molecule has 12 heavy (non-hydrogen) atoms. The molecule has 0 spiro atoms. The van der Waals surface area contributed by atoms with E-state index in [1.54, 1.807) is 32.0 Å². The molecule has 1 aromatic carbocycles. The Balaban J connectivity index is 3.15. The van der Waals surface area contributed by atoms with Crippen LogP contribution in [-0.2, 0) is 4.79 Å². The summed E-state index contributed by atoms with van der Waals surface area (Å²) in [7, 11) is 0. The van der Waals surface area contributed by atoms with Crippen LogP contribution in [0.4, 0.5) is 4.39 Å². The smallest absolute Gasteiger partial charge is 0.130 e. The molecule has 0 saturated carbocycles. The third-order valence-electron chi connectivity index (χ3n) is 1.92. The molecule has 1 aromatic rings. The number of aldehydes is 1. The Labute approximate surface area is 71.2 Å². The highest BCUT2D eigenvalue weighted by atomic mass is 19.1. The second kappa shape index (κ2) is 3.48. The van der Waals surface area contributed by atoms with Crippen molar-refractivity contribution in [3.8, 4) is 0 Å². The molecule has 0 radical (unpaired) electrons. The summed E-state index contributed by atoms with van der Waals surface area (Å²) in [6, 6.07) is 5.09. The van der Waals surface area contributed by atoms with Crippen LogP contribution in [0.5, 0.6) is 0 Å². The van der Waals surface area contributed by atoms with Crippen LogP contribution in [0.1, 0.15) is 24.0 Å². The van der Waals surface area contributed by atoms with Gasteiger partial charge in [-0.1, -0.05) is 25.1 Å². The molecule has 0 saturated heterocycles. The lowest BCUT2D eigenvalue weighted by Gasteiger charge is -2.06. The molecule has 0 heterocycles. The van der Waals surface area contributed by atoms with Gasteiger partial charge in [0.1, 0.15) is 12.1 Å². The van der Waals surface area contributed by atoms with Gasteiger partial charge in [-0.05, 0) is 18.1 Å². The molecular formula is C10H11FO. The van der Waals surface area contributed by atoms with Gasteiger partial charge in [0, 0.05) is 5.92 Å². The lowest BCUT2D eigenvalue weighted by molar-refractivity contribution is -0.108. The lowest BCUT2D eigenvalue weighted by atomic mass is 10.00. The summed E-state index contributed by atoms with van der Waals surface area (Å²) in [4.78, 5) is 10.4. The summed E-state index contributed by atoms with van der Waals surface area (Å²) in [5.74, 6) is -0.623. The van der Waals surface area contributed by atoms with E-state index < -0.39 is 0 Å². The van der Waals surface area contributed by atoms with E-state index in [4.69, 9.17) is 0 Å². The SMILES string of the molecule is Cc1cccc(C(C)C=O)c1F. The van der Waals surface area contributed by atoms with Gasteiger partial charge < -0.3 is 4.79 Å². The molecule has 0 aliphatic rings. The van der Waals surface area contributed by atoms with E-state index in [2.05, 4.69) is 0 Å². The molecule has 1 rings (SSSR count). The number of carbonyl (C=O) groups excluding carboxylic acids is 1. The summed E-state index contributed by atoms with van der Waals surface area (Å²) < 4.78 is 13.3. The highest BCUT2D eigenvalue weighted by Gasteiger charge is 2.10. The van der Waals surface area contributed by atoms with Crippen molar-refractivity contribution in [2.45, 2.75) is 19.8 Å². The largest absolute Gasteiger partial charge is 0.303 e. The molecule has 2 heteroatoms. The van der Waals surface area contributed by atoms with E-state index in [9.17, 15) is 9.18 Å². The fourth-order valence-electron chi connectivity index (χ4n) is 1.10. The predicted octanol–water partition coefficient (Wildman–Crippen LogP) is 2.44. The first kappa shape index (κ1) is 8.91. The van der Waals surface area contributed by atoms with Gasteiger partial charge in [-0.3, -0.25) is 0 Å². The van der Waals surface area contributed by atoms with Crippen molar-refractivity contribution in [3.63, 3.8) is 0 Å². The van der Waals surface area contributed by atoms with Gasteiger partial charge in [0.05, 0.1) is 0 Å². The number of hydrogen-bond acceptors (Lipinski definition) is 1. The minimum absolute atomic E-state index is 0.267. The maximum atomic E-state index is 13.3. The first-order valence-corrected chi connectivity index (χ1v) is 3.87. The van der Waals surface area contributed by atoms with Crippen LogP contribution >= 0.6 is 0 Å². The second-order valence-electron chi connectivity index (χ2n) is 2.90. The Kier molecular flexibility index (Phi) is 2.58. The minimum Gasteiger partial charge on any atom is -0.303 e.